The van der Waals surface area contributed by atoms with Crippen molar-refractivity contribution in [3.05, 3.63) is 24.5 Å². The van der Waals surface area contributed by atoms with E-state index in [1.807, 2.05) is 6.08 Å². The smallest absolute Gasteiger partial charge is 0.0837 e. The maximum atomic E-state index is 3.84. The molecule has 1 aromatic heterocycles. The summed E-state index contributed by atoms with van der Waals surface area (Å²) in [6.45, 7) is 5.36. The second-order valence-corrected chi connectivity index (χ2v) is 2.21. The molecule has 4 heteroatoms. The SMILES string of the molecule is C=CCNCCc1c[nH]nn1. The zero-order chi connectivity index (χ0) is 7.94. The van der Waals surface area contributed by atoms with Crippen molar-refractivity contribution in [1.29, 1.82) is 0 Å². The molecule has 11 heavy (non-hydrogen) atoms. The van der Waals surface area contributed by atoms with Crippen LogP contribution in [0.2, 0.25) is 0 Å². The summed E-state index contributed by atoms with van der Waals surface area (Å²) < 4.78 is 0. The van der Waals surface area contributed by atoms with Gasteiger partial charge in [-0.2, -0.15) is 0 Å². The van der Waals surface area contributed by atoms with Gasteiger partial charge in [0.2, 0.25) is 0 Å². The van der Waals surface area contributed by atoms with Gasteiger partial charge in [-0.05, 0) is 0 Å². The summed E-state index contributed by atoms with van der Waals surface area (Å²) in [6.07, 6.45) is 4.54. The monoisotopic (exact) mass is 152 g/mol. The highest BCUT2D eigenvalue weighted by atomic mass is 15.3. The minimum Gasteiger partial charge on any atom is -0.313 e. The summed E-state index contributed by atoms with van der Waals surface area (Å²) in [5.41, 5.74) is 0.988. The lowest BCUT2D eigenvalue weighted by Gasteiger charge is -1.96. The molecule has 1 aromatic rings. The zero-order valence-corrected chi connectivity index (χ0v) is 6.38. The molecule has 0 amide bonds. The summed E-state index contributed by atoms with van der Waals surface area (Å²) in [7, 11) is 0. The number of nitrogens with one attached hydrogen (secondary N) is 2. The van der Waals surface area contributed by atoms with Crippen LogP contribution in [0.15, 0.2) is 18.9 Å². The van der Waals surface area contributed by atoms with E-state index in [2.05, 4.69) is 27.3 Å². The maximum Gasteiger partial charge on any atom is 0.0837 e. The lowest BCUT2D eigenvalue weighted by atomic mass is 10.3. The van der Waals surface area contributed by atoms with E-state index in [0.29, 0.717) is 0 Å². The van der Waals surface area contributed by atoms with Crippen LogP contribution < -0.4 is 5.32 Å². The Morgan fingerprint density at radius 3 is 3.27 bits per heavy atom. The fraction of sp³-hybridized carbons (Fsp3) is 0.429. The highest BCUT2D eigenvalue weighted by molar-refractivity contribution is 4.90. The van der Waals surface area contributed by atoms with Crippen LogP contribution in [0.1, 0.15) is 5.69 Å². The predicted octanol–water partition coefficient (Wildman–Crippen LogP) is 0.123. The van der Waals surface area contributed by atoms with Gasteiger partial charge in [0.05, 0.1) is 5.69 Å². The molecule has 1 heterocycles. The van der Waals surface area contributed by atoms with E-state index in [-0.39, 0.29) is 0 Å². The molecule has 4 nitrogen and oxygen atoms in total. The van der Waals surface area contributed by atoms with Crippen molar-refractivity contribution in [1.82, 2.24) is 20.7 Å². The summed E-state index contributed by atoms with van der Waals surface area (Å²) in [4.78, 5) is 0. The molecule has 0 bridgehead atoms. The first-order valence-corrected chi connectivity index (χ1v) is 3.60. The highest BCUT2D eigenvalue weighted by Gasteiger charge is 1.92. The fourth-order valence-corrected chi connectivity index (χ4v) is 0.768. The Morgan fingerprint density at radius 2 is 2.64 bits per heavy atom. The van der Waals surface area contributed by atoms with Crippen molar-refractivity contribution in [2.45, 2.75) is 6.42 Å². The molecule has 0 atom stereocenters. The minimum atomic E-state index is 0.845. The Morgan fingerprint density at radius 1 is 1.73 bits per heavy atom. The standard InChI is InChI=1S/C7H12N4/c1-2-4-8-5-3-7-6-9-11-10-7/h2,6,8H,1,3-5H2,(H,9,10,11). The first-order valence-electron chi connectivity index (χ1n) is 3.60. The Hall–Kier alpha value is -1.16. The number of hydrogen-bond acceptors (Lipinski definition) is 3. The quantitative estimate of drug-likeness (QED) is 0.465. The molecule has 2 N–H and O–H groups in total. The molecule has 0 aliphatic rings. The topological polar surface area (TPSA) is 53.6 Å². The van der Waals surface area contributed by atoms with Crippen LogP contribution in [0.25, 0.3) is 0 Å². The van der Waals surface area contributed by atoms with Crippen molar-refractivity contribution < 1.29 is 0 Å². The van der Waals surface area contributed by atoms with Crippen LogP contribution in [0.5, 0.6) is 0 Å². The number of H-pyrrole nitrogens is 1. The van der Waals surface area contributed by atoms with Crippen molar-refractivity contribution in [2.24, 2.45) is 0 Å². The molecular weight excluding hydrogens is 140 g/mol. The van der Waals surface area contributed by atoms with Crippen LogP contribution in [-0.2, 0) is 6.42 Å². The average Bonchev–Trinajstić information content (AvgIpc) is 2.50. The number of aromatic amines is 1. The third-order valence-electron chi connectivity index (χ3n) is 1.31. The Kier molecular flexibility index (Phi) is 3.34. The third kappa shape index (κ3) is 2.95. The lowest BCUT2D eigenvalue weighted by molar-refractivity contribution is 0.731. The second-order valence-electron chi connectivity index (χ2n) is 2.21. The normalized spacial score (nSPS) is 9.82. The van der Waals surface area contributed by atoms with E-state index in [9.17, 15) is 0 Å². The van der Waals surface area contributed by atoms with Gasteiger partial charge in [0.15, 0.2) is 0 Å². The van der Waals surface area contributed by atoms with Crippen molar-refractivity contribution in [3.63, 3.8) is 0 Å². The van der Waals surface area contributed by atoms with Crippen molar-refractivity contribution >= 4 is 0 Å². The van der Waals surface area contributed by atoms with E-state index in [4.69, 9.17) is 0 Å². The first kappa shape index (κ1) is 7.94. The average molecular weight is 152 g/mol. The molecule has 0 radical (unpaired) electrons. The van der Waals surface area contributed by atoms with Gasteiger partial charge in [-0.15, -0.1) is 11.7 Å². The number of aromatic nitrogens is 3. The summed E-state index contributed by atoms with van der Waals surface area (Å²) in [5.74, 6) is 0. The van der Waals surface area contributed by atoms with Gasteiger partial charge in [0.1, 0.15) is 0 Å². The highest BCUT2D eigenvalue weighted by Crippen LogP contribution is 1.87. The van der Waals surface area contributed by atoms with Gasteiger partial charge in [0, 0.05) is 25.7 Å². The van der Waals surface area contributed by atoms with Crippen molar-refractivity contribution in [3.8, 4) is 0 Å². The Labute approximate surface area is 65.7 Å². The summed E-state index contributed by atoms with van der Waals surface area (Å²) in [5, 5.41) is 13.3. The van der Waals surface area contributed by atoms with Gasteiger partial charge in [-0.25, -0.2) is 0 Å². The van der Waals surface area contributed by atoms with Gasteiger partial charge in [-0.1, -0.05) is 11.3 Å². The molecule has 60 valence electrons. The molecule has 0 spiro atoms. The largest absolute Gasteiger partial charge is 0.313 e. The molecule has 0 saturated carbocycles. The summed E-state index contributed by atoms with van der Waals surface area (Å²) >= 11 is 0. The molecule has 0 aliphatic carbocycles. The molecule has 0 saturated heterocycles. The molecule has 1 rings (SSSR count). The zero-order valence-electron chi connectivity index (χ0n) is 6.38. The van der Waals surface area contributed by atoms with E-state index in [1.165, 1.54) is 0 Å². The number of hydrogen-bond donors (Lipinski definition) is 2. The second kappa shape index (κ2) is 4.62. The van der Waals surface area contributed by atoms with Crippen molar-refractivity contribution in [2.75, 3.05) is 13.1 Å². The molecular formula is C7H12N4. The Balaban J connectivity index is 2.09. The van der Waals surface area contributed by atoms with Gasteiger partial charge < -0.3 is 5.32 Å². The number of nitrogens with zero attached hydrogens (tertiary/aromatic N) is 2. The van der Waals surface area contributed by atoms with E-state index in [1.54, 1.807) is 6.20 Å². The van der Waals surface area contributed by atoms with Crippen LogP contribution in [0.3, 0.4) is 0 Å². The van der Waals surface area contributed by atoms with Crippen LogP contribution in [0, 0.1) is 0 Å². The van der Waals surface area contributed by atoms with E-state index >= 15 is 0 Å². The van der Waals surface area contributed by atoms with Gasteiger partial charge >= 0.3 is 0 Å². The van der Waals surface area contributed by atoms with E-state index in [0.717, 1.165) is 25.2 Å². The first-order chi connectivity index (χ1) is 5.43. The fourth-order valence-electron chi connectivity index (χ4n) is 0.768. The Bertz CT molecular complexity index is 192. The lowest BCUT2D eigenvalue weighted by Crippen LogP contribution is -2.16. The van der Waals surface area contributed by atoms with Crippen LogP contribution >= 0.6 is 0 Å². The van der Waals surface area contributed by atoms with Crippen LogP contribution in [-0.4, -0.2) is 28.5 Å². The van der Waals surface area contributed by atoms with Gasteiger partial charge in [-0.3, -0.25) is 5.10 Å². The molecule has 0 unspecified atom stereocenters. The number of rotatable bonds is 5. The van der Waals surface area contributed by atoms with Crippen LogP contribution in [0.4, 0.5) is 0 Å². The maximum absolute atomic E-state index is 3.84. The minimum absolute atomic E-state index is 0.845. The van der Waals surface area contributed by atoms with E-state index < -0.39 is 0 Å². The summed E-state index contributed by atoms with van der Waals surface area (Å²) in [6, 6.07) is 0. The van der Waals surface area contributed by atoms with Gasteiger partial charge in [0.25, 0.3) is 0 Å². The molecule has 0 aromatic carbocycles. The third-order valence-corrected chi connectivity index (χ3v) is 1.31. The predicted molar refractivity (Wildman–Crippen MR) is 43.2 cm³/mol. The molecule has 0 fully saturated rings. The molecule has 0 aliphatic heterocycles.